The predicted octanol–water partition coefficient (Wildman–Crippen LogP) is 6.54. The minimum absolute atomic E-state index is 0.107. The number of esters is 1. The second-order valence-electron chi connectivity index (χ2n) is 8.24. The molecule has 1 saturated carbocycles. The second kappa shape index (κ2) is 12.8. The summed E-state index contributed by atoms with van der Waals surface area (Å²) in [5.74, 6) is 1.45. The van der Waals surface area contributed by atoms with E-state index in [0.29, 0.717) is 25.6 Å². The van der Waals surface area contributed by atoms with Crippen molar-refractivity contribution in [1.82, 2.24) is 0 Å². The first kappa shape index (κ1) is 23.5. The van der Waals surface area contributed by atoms with Crippen molar-refractivity contribution in [3.8, 4) is 0 Å². The van der Waals surface area contributed by atoms with Crippen LogP contribution in [0.15, 0.2) is 0 Å². The number of rotatable bonds is 14. The van der Waals surface area contributed by atoms with Crippen LogP contribution in [0.2, 0.25) is 0 Å². The molecule has 0 amide bonds. The molecule has 0 saturated heterocycles. The SMILES string of the molecule is CCCOC(=O)C(CC)(OCC(CC)CC)C(CCC)CC1CCCC1. The summed E-state index contributed by atoms with van der Waals surface area (Å²) in [6, 6.07) is 0. The molecule has 3 nitrogen and oxygen atoms in total. The number of hydrogen-bond acceptors (Lipinski definition) is 3. The van der Waals surface area contributed by atoms with Crippen LogP contribution in [-0.4, -0.2) is 24.8 Å². The quantitative estimate of drug-likeness (QED) is 0.327. The summed E-state index contributed by atoms with van der Waals surface area (Å²) >= 11 is 0. The first-order chi connectivity index (χ1) is 12.6. The number of hydrogen-bond donors (Lipinski definition) is 0. The Labute approximate surface area is 162 Å². The molecular weight excluding hydrogens is 324 g/mol. The molecule has 3 heteroatoms. The summed E-state index contributed by atoms with van der Waals surface area (Å²) in [6.07, 6.45) is 12.4. The Bertz CT molecular complexity index is 372. The Morgan fingerprint density at radius 1 is 1.04 bits per heavy atom. The molecule has 0 aromatic rings. The predicted molar refractivity (Wildman–Crippen MR) is 109 cm³/mol. The van der Waals surface area contributed by atoms with Crippen molar-refractivity contribution in [2.45, 2.75) is 111 Å². The van der Waals surface area contributed by atoms with Gasteiger partial charge in [-0.25, -0.2) is 4.79 Å². The molecule has 1 aliphatic carbocycles. The van der Waals surface area contributed by atoms with Gasteiger partial charge in [-0.2, -0.15) is 0 Å². The van der Waals surface area contributed by atoms with Gasteiger partial charge in [0.25, 0.3) is 0 Å². The van der Waals surface area contributed by atoms with Gasteiger partial charge in [0.15, 0.2) is 5.60 Å². The molecule has 1 fully saturated rings. The van der Waals surface area contributed by atoms with Crippen molar-refractivity contribution in [2.24, 2.45) is 17.8 Å². The Balaban J connectivity index is 3.02. The van der Waals surface area contributed by atoms with Crippen LogP contribution in [0.5, 0.6) is 0 Å². The van der Waals surface area contributed by atoms with Crippen LogP contribution >= 0.6 is 0 Å². The maximum absolute atomic E-state index is 13.2. The molecule has 0 aliphatic heterocycles. The van der Waals surface area contributed by atoms with E-state index in [1.54, 1.807) is 0 Å². The van der Waals surface area contributed by atoms with Gasteiger partial charge in [-0.3, -0.25) is 0 Å². The molecule has 0 aromatic carbocycles. The van der Waals surface area contributed by atoms with Crippen molar-refractivity contribution >= 4 is 5.97 Å². The van der Waals surface area contributed by atoms with E-state index in [-0.39, 0.29) is 11.9 Å². The maximum Gasteiger partial charge on any atom is 0.338 e. The Morgan fingerprint density at radius 2 is 1.69 bits per heavy atom. The van der Waals surface area contributed by atoms with E-state index in [0.717, 1.165) is 44.4 Å². The molecule has 154 valence electrons. The summed E-state index contributed by atoms with van der Waals surface area (Å²) in [5, 5.41) is 0. The van der Waals surface area contributed by atoms with Gasteiger partial charge >= 0.3 is 5.97 Å². The lowest BCUT2D eigenvalue weighted by atomic mass is 9.76. The largest absolute Gasteiger partial charge is 0.464 e. The Morgan fingerprint density at radius 3 is 2.19 bits per heavy atom. The van der Waals surface area contributed by atoms with Crippen LogP contribution in [0, 0.1) is 17.8 Å². The summed E-state index contributed by atoms with van der Waals surface area (Å²) in [5.41, 5.74) is -0.754. The monoisotopic (exact) mass is 368 g/mol. The fourth-order valence-corrected chi connectivity index (χ4v) is 4.52. The van der Waals surface area contributed by atoms with E-state index >= 15 is 0 Å². The third kappa shape index (κ3) is 6.55. The highest BCUT2D eigenvalue weighted by Crippen LogP contribution is 2.40. The first-order valence-corrected chi connectivity index (χ1v) is 11.4. The molecule has 0 bridgehead atoms. The number of carbonyl (C=O) groups excluding carboxylic acids is 1. The zero-order valence-electron chi connectivity index (χ0n) is 18.1. The van der Waals surface area contributed by atoms with Crippen LogP contribution in [0.3, 0.4) is 0 Å². The molecule has 0 aromatic heterocycles. The van der Waals surface area contributed by atoms with Crippen molar-refractivity contribution in [3.05, 3.63) is 0 Å². The first-order valence-electron chi connectivity index (χ1n) is 11.4. The second-order valence-corrected chi connectivity index (χ2v) is 8.24. The van der Waals surface area contributed by atoms with Gasteiger partial charge in [-0.1, -0.05) is 79.6 Å². The Hall–Kier alpha value is -0.570. The van der Waals surface area contributed by atoms with Crippen molar-refractivity contribution < 1.29 is 14.3 Å². The molecule has 0 N–H and O–H groups in total. The summed E-state index contributed by atoms with van der Waals surface area (Å²) in [4.78, 5) is 13.2. The zero-order valence-corrected chi connectivity index (χ0v) is 18.1. The number of ether oxygens (including phenoxy) is 2. The van der Waals surface area contributed by atoms with Crippen LogP contribution < -0.4 is 0 Å². The van der Waals surface area contributed by atoms with Gasteiger partial charge in [0.05, 0.1) is 13.2 Å². The Kier molecular flexibility index (Phi) is 11.5. The molecule has 2 atom stereocenters. The molecule has 0 radical (unpaired) electrons. The minimum Gasteiger partial charge on any atom is -0.464 e. The summed E-state index contributed by atoms with van der Waals surface area (Å²) in [7, 11) is 0. The van der Waals surface area contributed by atoms with Crippen LogP contribution in [-0.2, 0) is 14.3 Å². The van der Waals surface area contributed by atoms with Crippen molar-refractivity contribution in [1.29, 1.82) is 0 Å². The van der Waals surface area contributed by atoms with E-state index in [9.17, 15) is 4.79 Å². The number of carbonyl (C=O) groups is 1. The van der Waals surface area contributed by atoms with Crippen molar-refractivity contribution in [2.75, 3.05) is 13.2 Å². The molecule has 1 rings (SSSR count). The molecular formula is C23H44O3. The highest BCUT2D eigenvalue weighted by Gasteiger charge is 2.47. The van der Waals surface area contributed by atoms with E-state index < -0.39 is 5.60 Å². The zero-order chi connectivity index (χ0) is 19.4. The minimum atomic E-state index is -0.754. The average Bonchev–Trinajstić information content (AvgIpc) is 3.17. The van der Waals surface area contributed by atoms with Gasteiger partial charge in [0.2, 0.25) is 0 Å². The van der Waals surface area contributed by atoms with E-state index in [1.165, 1.54) is 25.7 Å². The fraction of sp³-hybridized carbons (Fsp3) is 0.957. The lowest BCUT2D eigenvalue weighted by Crippen LogP contribution is -2.50. The van der Waals surface area contributed by atoms with Gasteiger partial charge < -0.3 is 9.47 Å². The molecule has 1 aliphatic rings. The van der Waals surface area contributed by atoms with E-state index in [4.69, 9.17) is 9.47 Å². The topological polar surface area (TPSA) is 35.5 Å². The van der Waals surface area contributed by atoms with Gasteiger partial charge in [0, 0.05) is 0 Å². The van der Waals surface area contributed by atoms with E-state index in [2.05, 4.69) is 27.7 Å². The maximum atomic E-state index is 13.2. The van der Waals surface area contributed by atoms with Crippen molar-refractivity contribution in [3.63, 3.8) is 0 Å². The fourth-order valence-electron chi connectivity index (χ4n) is 4.52. The van der Waals surface area contributed by atoms with E-state index in [1.807, 2.05) is 6.92 Å². The lowest BCUT2D eigenvalue weighted by molar-refractivity contribution is -0.187. The molecule has 2 unspecified atom stereocenters. The molecule has 26 heavy (non-hydrogen) atoms. The van der Waals surface area contributed by atoms with Gasteiger partial charge in [-0.05, 0) is 43.4 Å². The highest BCUT2D eigenvalue weighted by atomic mass is 16.6. The van der Waals surface area contributed by atoms with Gasteiger partial charge in [0.1, 0.15) is 0 Å². The standard InChI is InChI=1S/C23H44O3/c1-6-13-21(17-20-14-11-12-15-20)23(10-5,22(24)25-16-7-2)26-18-19(8-3)9-4/h19-21H,6-18H2,1-5H3. The van der Waals surface area contributed by atoms with Crippen LogP contribution in [0.25, 0.3) is 0 Å². The third-order valence-electron chi connectivity index (χ3n) is 6.43. The van der Waals surface area contributed by atoms with Gasteiger partial charge in [-0.15, -0.1) is 0 Å². The smallest absolute Gasteiger partial charge is 0.338 e. The summed E-state index contributed by atoms with van der Waals surface area (Å²) < 4.78 is 12.2. The van der Waals surface area contributed by atoms with Crippen LogP contribution in [0.1, 0.15) is 105 Å². The average molecular weight is 369 g/mol. The summed E-state index contributed by atoms with van der Waals surface area (Å²) in [6.45, 7) is 12.0. The highest BCUT2D eigenvalue weighted by molar-refractivity contribution is 5.80. The lowest BCUT2D eigenvalue weighted by Gasteiger charge is -2.40. The molecule has 0 heterocycles. The third-order valence-corrected chi connectivity index (χ3v) is 6.43. The normalized spacial score (nSPS) is 18.8. The van der Waals surface area contributed by atoms with Crippen LogP contribution in [0.4, 0.5) is 0 Å². The molecule has 0 spiro atoms.